The second-order valence-electron chi connectivity index (χ2n) is 6.15. The average molecular weight is 276 g/mol. The van der Waals surface area contributed by atoms with E-state index in [0.29, 0.717) is 6.54 Å². The SMILES string of the molecule is CC(C)CCN(CCOc1cccc(CN)c1)C1CC1. The minimum Gasteiger partial charge on any atom is -0.492 e. The van der Waals surface area contributed by atoms with Crippen molar-refractivity contribution in [2.45, 2.75) is 45.7 Å². The van der Waals surface area contributed by atoms with Crippen LogP contribution < -0.4 is 10.5 Å². The van der Waals surface area contributed by atoms with E-state index in [-0.39, 0.29) is 0 Å². The summed E-state index contributed by atoms with van der Waals surface area (Å²) in [6.45, 7) is 8.15. The highest BCUT2D eigenvalue weighted by Crippen LogP contribution is 2.27. The predicted octanol–water partition coefficient (Wildman–Crippen LogP) is 3.03. The summed E-state index contributed by atoms with van der Waals surface area (Å²) >= 11 is 0. The second kappa shape index (κ2) is 7.65. The third-order valence-corrected chi connectivity index (χ3v) is 3.84. The molecule has 0 unspecified atom stereocenters. The van der Waals surface area contributed by atoms with Crippen LogP contribution in [0.4, 0.5) is 0 Å². The van der Waals surface area contributed by atoms with Crippen molar-refractivity contribution in [2.24, 2.45) is 11.7 Å². The van der Waals surface area contributed by atoms with Crippen molar-refractivity contribution in [3.63, 3.8) is 0 Å². The van der Waals surface area contributed by atoms with E-state index < -0.39 is 0 Å². The van der Waals surface area contributed by atoms with E-state index in [1.54, 1.807) is 0 Å². The van der Waals surface area contributed by atoms with Gasteiger partial charge in [-0.1, -0.05) is 26.0 Å². The Labute approximate surface area is 123 Å². The van der Waals surface area contributed by atoms with Crippen LogP contribution in [0.2, 0.25) is 0 Å². The van der Waals surface area contributed by atoms with Crippen LogP contribution in [0.3, 0.4) is 0 Å². The summed E-state index contributed by atoms with van der Waals surface area (Å²) in [5, 5.41) is 0. The zero-order chi connectivity index (χ0) is 14.4. The Morgan fingerprint density at radius 1 is 1.30 bits per heavy atom. The molecular formula is C17H28N2O. The van der Waals surface area contributed by atoms with Crippen LogP contribution in [0.15, 0.2) is 24.3 Å². The molecule has 2 rings (SSSR count). The molecule has 20 heavy (non-hydrogen) atoms. The summed E-state index contributed by atoms with van der Waals surface area (Å²) < 4.78 is 5.87. The fourth-order valence-electron chi connectivity index (χ4n) is 2.38. The molecule has 0 aliphatic heterocycles. The Kier molecular flexibility index (Phi) is 5.86. The maximum atomic E-state index is 5.87. The molecule has 0 amide bonds. The van der Waals surface area contributed by atoms with Gasteiger partial charge in [-0.2, -0.15) is 0 Å². The van der Waals surface area contributed by atoms with Crippen LogP contribution in [0, 0.1) is 5.92 Å². The fourth-order valence-corrected chi connectivity index (χ4v) is 2.38. The fraction of sp³-hybridized carbons (Fsp3) is 0.647. The van der Waals surface area contributed by atoms with E-state index in [0.717, 1.165) is 36.4 Å². The van der Waals surface area contributed by atoms with Crippen molar-refractivity contribution < 1.29 is 4.74 Å². The van der Waals surface area contributed by atoms with Gasteiger partial charge in [0.05, 0.1) is 0 Å². The first kappa shape index (κ1) is 15.3. The Morgan fingerprint density at radius 2 is 2.10 bits per heavy atom. The van der Waals surface area contributed by atoms with Gasteiger partial charge in [0.15, 0.2) is 0 Å². The highest BCUT2D eigenvalue weighted by molar-refractivity contribution is 5.28. The first-order valence-electron chi connectivity index (χ1n) is 7.85. The number of rotatable bonds is 9. The highest BCUT2D eigenvalue weighted by atomic mass is 16.5. The molecular weight excluding hydrogens is 248 g/mol. The summed E-state index contributed by atoms with van der Waals surface area (Å²) in [4.78, 5) is 2.59. The smallest absolute Gasteiger partial charge is 0.119 e. The first-order chi connectivity index (χ1) is 9.69. The van der Waals surface area contributed by atoms with Gasteiger partial charge in [0.25, 0.3) is 0 Å². The van der Waals surface area contributed by atoms with E-state index in [1.807, 2.05) is 24.3 Å². The first-order valence-corrected chi connectivity index (χ1v) is 7.85. The van der Waals surface area contributed by atoms with E-state index in [2.05, 4.69) is 18.7 Å². The van der Waals surface area contributed by atoms with Crippen molar-refractivity contribution in [1.82, 2.24) is 4.90 Å². The molecule has 3 heteroatoms. The largest absolute Gasteiger partial charge is 0.492 e. The molecule has 0 heterocycles. The summed E-state index contributed by atoms with van der Waals surface area (Å²) in [5.41, 5.74) is 6.77. The summed E-state index contributed by atoms with van der Waals surface area (Å²) in [7, 11) is 0. The van der Waals surface area contributed by atoms with Gasteiger partial charge in [-0.3, -0.25) is 4.90 Å². The third-order valence-electron chi connectivity index (χ3n) is 3.84. The minimum atomic E-state index is 0.569. The van der Waals surface area contributed by atoms with Gasteiger partial charge in [-0.05, 0) is 49.4 Å². The van der Waals surface area contributed by atoms with Crippen LogP contribution in [0.25, 0.3) is 0 Å². The topological polar surface area (TPSA) is 38.5 Å². The predicted molar refractivity (Wildman–Crippen MR) is 83.9 cm³/mol. The maximum absolute atomic E-state index is 5.87. The van der Waals surface area contributed by atoms with Crippen molar-refractivity contribution in [3.05, 3.63) is 29.8 Å². The van der Waals surface area contributed by atoms with Crippen LogP contribution in [0.5, 0.6) is 5.75 Å². The number of hydrogen-bond donors (Lipinski definition) is 1. The van der Waals surface area contributed by atoms with Crippen LogP contribution in [-0.4, -0.2) is 30.6 Å². The lowest BCUT2D eigenvalue weighted by Crippen LogP contribution is -2.32. The van der Waals surface area contributed by atoms with Gasteiger partial charge in [0, 0.05) is 19.1 Å². The second-order valence-corrected chi connectivity index (χ2v) is 6.15. The molecule has 3 nitrogen and oxygen atoms in total. The van der Waals surface area contributed by atoms with E-state index in [4.69, 9.17) is 10.5 Å². The molecule has 0 saturated heterocycles. The molecule has 2 N–H and O–H groups in total. The number of nitrogens with zero attached hydrogens (tertiary/aromatic N) is 1. The van der Waals surface area contributed by atoms with E-state index >= 15 is 0 Å². The van der Waals surface area contributed by atoms with Gasteiger partial charge in [-0.25, -0.2) is 0 Å². The van der Waals surface area contributed by atoms with E-state index in [9.17, 15) is 0 Å². The molecule has 1 fully saturated rings. The standard InChI is InChI=1S/C17H28N2O/c1-14(2)8-9-19(16-6-7-16)10-11-20-17-5-3-4-15(12-17)13-18/h3-5,12,14,16H,6-11,13,18H2,1-2H3. The molecule has 0 spiro atoms. The maximum Gasteiger partial charge on any atom is 0.119 e. The zero-order valence-electron chi connectivity index (χ0n) is 12.8. The molecule has 0 atom stereocenters. The van der Waals surface area contributed by atoms with Gasteiger partial charge < -0.3 is 10.5 Å². The highest BCUT2D eigenvalue weighted by Gasteiger charge is 2.28. The molecule has 0 aromatic heterocycles. The Morgan fingerprint density at radius 3 is 2.75 bits per heavy atom. The van der Waals surface area contributed by atoms with Crippen molar-refractivity contribution in [3.8, 4) is 5.75 Å². The number of ether oxygens (including phenoxy) is 1. The molecule has 112 valence electrons. The lowest BCUT2D eigenvalue weighted by molar-refractivity contribution is 0.194. The Balaban J connectivity index is 1.74. The van der Waals surface area contributed by atoms with Crippen LogP contribution in [-0.2, 0) is 6.54 Å². The molecule has 1 aromatic carbocycles. The molecule has 1 saturated carbocycles. The minimum absolute atomic E-state index is 0.569. The zero-order valence-corrected chi connectivity index (χ0v) is 12.8. The number of benzene rings is 1. The molecule has 0 radical (unpaired) electrons. The van der Waals surface area contributed by atoms with Crippen LogP contribution >= 0.6 is 0 Å². The van der Waals surface area contributed by atoms with Crippen LogP contribution in [0.1, 0.15) is 38.7 Å². The Hall–Kier alpha value is -1.06. The van der Waals surface area contributed by atoms with Crippen molar-refractivity contribution >= 4 is 0 Å². The van der Waals surface area contributed by atoms with Gasteiger partial charge in [-0.15, -0.1) is 0 Å². The monoisotopic (exact) mass is 276 g/mol. The Bertz CT molecular complexity index is 402. The summed E-state index contributed by atoms with van der Waals surface area (Å²) in [6.07, 6.45) is 4.00. The lowest BCUT2D eigenvalue weighted by Gasteiger charge is -2.23. The quantitative estimate of drug-likeness (QED) is 0.753. The lowest BCUT2D eigenvalue weighted by atomic mass is 10.1. The number of nitrogens with two attached hydrogens (primary N) is 1. The molecule has 1 aliphatic rings. The van der Waals surface area contributed by atoms with Gasteiger partial charge in [0.2, 0.25) is 0 Å². The normalized spacial score (nSPS) is 15.1. The molecule has 1 aliphatic carbocycles. The molecule has 1 aromatic rings. The van der Waals surface area contributed by atoms with Crippen molar-refractivity contribution in [2.75, 3.05) is 19.7 Å². The summed E-state index contributed by atoms with van der Waals surface area (Å²) in [5.74, 6) is 1.71. The number of hydrogen-bond acceptors (Lipinski definition) is 3. The average Bonchev–Trinajstić information content (AvgIpc) is 3.27. The van der Waals surface area contributed by atoms with E-state index in [1.165, 1.54) is 25.8 Å². The summed E-state index contributed by atoms with van der Waals surface area (Å²) in [6, 6.07) is 8.90. The third kappa shape index (κ3) is 5.14. The molecule has 0 bridgehead atoms. The van der Waals surface area contributed by atoms with Gasteiger partial charge in [0.1, 0.15) is 12.4 Å². The van der Waals surface area contributed by atoms with Gasteiger partial charge >= 0.3 is 0 Å². The van der Waals surface area contributed by atoms with Crippen molar-refractivity contribution in [1.29, 1.82) is 0 Å².